The number of nitrogens with zero attached hydrogens (tertiary/aromatic N) is 4. The van der Waals surface area contributed by atoms with E-state index in [9.17, 15) is 4.79 Å². The van der Waals surface area contributed by atoms with Gasteiger partial charge in [0, 0.05) is 26.0 Å². The number of rotatable bonds is 5. The van der Waals surface area contributed by atoms with E-state index in [1.54, 1.807) is 29.4 Å². The van der Waals surface area contributed by atoms with Crippen LogP contribution in [0.25, 0.3) is 0 Å². The number of benzene rings is 1. The highest BCUT2D eigenvalue weighted by Gasteiger charge is 2.24. The Morgan fingerprint density at radius 1 is 1.19 bits per heavy atom. The Bertz CT molecular complexity index is 751. The van der Waals surface area contributed by atoms with E-state index in [4.69, 9.17) is 23.2 Å². The van der Waals surface area contributed by atoms with Gasteiger partial charge in [-0.3, -0.25) is 4.79 Å². The first-order chi connectivity index (χ1) is 12.5. The normalized spacial score (nSPS) is 15.1. The third-order valence-corrected chi connectivity index (χ3v) is 5.28. The number of likely N-dealkylation sites (N-methyl/N-ethyl adjacent to an activating group) is 1. The van der Waals surface area contributed by atoms with E-state index in [-0.39, 0.29) is 5.91 Å². The van der Waals surface area contributed by atoms with Crippen molar-refractivity contribution < 1.29 is 9.69 Å². The third kappa shape index (κ3) is 4.84. The van der Waals surface area contributed by atoms with Gasteiger partial charge in [-0.15, -0.1) is 0 Å². The Kier molecular flexibility index (Phi) is 6.29. The van der Waals surface area contributed by atoms with Gasteiger partial charge in [0.1, 0.15) is 0 Å². The summed E-state index contributed by atoms with van der Waals surface area (Å²) < 4.78 is 0. The molecule has 1 amide bonds. The molecule has 3 rings (SSSR count). The zero-order valence-corrected chi connectivity index (χ0v) is 16.2. The highest BCUT2D eigenvalue weighted by molar-refractivity contribution is 6.42. The van der Waals surface area contributed by atoms with Gasteiger partial charge in [0.05, 0.1) is 36.2 Å². The van der Waals surface area contributed by atoms with Gasteiger partial charge in [0.15, 0.2) is 6.54 Å². The molecule has 0 unspecified atom stereocenters. The minimum atomic E-state index is 0.121. The number of aromatic nitrogens is 2. The number of piperazine rings is 1. The number of quaternary nitrogens is 1. The molecule has 1 aromatic carbocycles. The fourth-order valence-electron chi connectivity index (χ4n) is 3.00. The van der Waals surface area contributed by atoms with Gasteiger partial charge < -0.3 is 14.7 Å². The van der Waals surface area contributed by atoms with Crippen LogP contribution in [0.3, 0.4) is 0 Å². The van der Waals surface area contributed by atoms with Crippen molar-refractivity contribution in [1.29, 1.82) is 0 Å². The smallest absolute Gasteiger partial charge is 0.277 e. The largest absolute Gasteiger partial charge is 0.337 e. The van der Waals surface area contributed by atoms with Gasteiger partial charge in [-0.1, -0.05) is 29.3 Å². The first kappa shape index (κ1) is 18.9. The molecule has 1 aromatic heterocycles. The highest BCUT2D eigenvalue weighted by atomic mass is 35.5. The molecule has 0 saturated carbocycles. The van der Waals surface area contributed by atoms with Crippen molar-refractivity contribution in [2.24, 2.45) is 0 Å². The first-order valence-corrected chi connectivity index (χ1v) is 9.32. The zero-order valence-electron chi connectivity index (χ0n) is 14.7. The van der Waals surface area contributed by atoms with Crippen LogP contribution in [0.1, 0.15) is 5.56 Å². The molecule has 26 heavy (non-hydrogen) atoms. The fraction of sp³-hybridized carbons (Fsp3) is 0.389. The van der Waals surface area contributed by atoms with E-state index in [0.717, 1.165) is 37.7 Å². The molecule has 8 heteroatoms. The summed E-state index contributed by atoms with van der Waals surface area (Å²) in [6, 6.07) is 7.27. The Balaban J connectivity index is 1.48. The van der Waals surface area contributed by atoms with Crippen LogP contribution in [-0.4, -0.2) is 60.5 Å². The number of halogens is 2. The minimum Gasteiger partial charge on any atom is -0.337 e. The van der Waals surface area contributed by atoms with Crippen LogP contribution in [0.15, 0.2) is 36.7 Å². The number of nitrogens with one attached hydrogen (secondary N) is 1. The second kappa shape index (κ2) is 8.66. The minimum absolute atomic E-state index is 0.121. The van der Waals surface area contributed by atoms with Crippen LogP contribution < -0.4 is 9.80 Å². The Morgan fingerprint density at radius 3 is 2.54 bits per heavy atom. The average Bonchev–Trinajstić information content (AvgIpc) is 2.66. The molecular formula is C18H22Cl2N5O+. The van der Waals surface area contributed by atoms with E-state index in [2.05, 4.69) is 14.9 Å². The maximum absolute atomic E-state index is 12.5. The van der Waals surface area contributed by atoms with Crippen molar-refractivity contribution in [3.63, 3.8) is 0 Å². The van der Waals surface area contributed by atoms with Crippen molar-refractivity contribution >= 4 is 35.1 Å². The Hall–Kier alpha value is -1.89. The van der Waals surface area contributed by atoms with Crippen LogP contribution in [0.5, 0.6) is 0 Å². The summed E-state index contributed by atoms with van der Waals surface area (Å²) in [7, 11) is 1.82. The van der Waals surface area contributed by atoms with E-state index < -0.39 is 0 Å². The Morgan fingerprint density at radius 2 is 1.88 bits per heavy atom. The molecule has 6 nitrogen and oxygen atoms in total. The monoisotopic (exact) mass is 394 g/mol. The number of amides is 1. The van der Waals surface area contributed by atoms with Crippen molar-refractivity contribution in [1.82, 2.24) is 14.9 Å². The van der Waals surface area contributed by atoms with Crippen molar-refractivity contribution in [2.45, 2.75) is 6.54 Å². The van der Waals surface area contributed by atoms with Crippen molar-refractivity contribution in [2.75, 3.05) is 44.7 Å². The van der Waals surface area contributed by atoms with Crippen LogP contribution in [0.2, 0.25) is 10.0 Å². The van der Waals surface area contributed by atoms with E-state index in [1.807, 2.05) is 19.2 Å². The van der Waals surface area contributed by atoms with Gasteiger partial charge in [0.2, 0.25) is 5.95 Å². The molecule has 1 aliphatic rings. The van der Waals surface area contributed by atoms with Crippen LogP contribution >= 0.6 is 23.2 Å². The molecule has 1 aliphatic heterocycles. The molecule has 1 saturated heterocycles. The molecule has 2 heterocycles. The van der Waals surface area contributed by atoms with Crippen LogP contribution in [0, 0.1) is 0 Å². The summed E-state index contributed by atoms with van der Waals surface area (Å²) in [4.78, 5) is 26.3. The molecule has 0 radical (unpaired) electrons. The zero-order chi connectivity index (χ0) is 18.5. The maximum atomic E-state index is 12.5. The lowest BCUT2D eigenvalue weighted by molar-refractivity contribution is -0.892. The van der Waals surface area contributed by atoms with Gasteiger partial charge in [-0.05, 0) is 23.8 Å². The SMILES string of the molecule is CN(Cc1ccc(Cl)c(Cl)c1)C(=O)C[NH+]1CCN(c2ncccn2)CC1. The maximum Gasteiger partial charge on any atom is 0.277 e. The molecule has 2 aromatic rings. The second-order valence-electron chi connectivity index (χ2n) is 6.46. The molecule has 1 N–H and O–H groups in total. The topological polar surface area (TPSA) is 53.8 Å². The van der Waals surface area contributed by atoms with Gasteiger partial charge >= 0.3 is 0 Å². The lowest BCUT2D eigenvalue weighted by atomic mass is 10.2. The molecule has 0 spiro atoms. The van der Waals surface area contributed by atoms with Crippen LogP contribution in [0.4, 0.5) is 5.95 Å². The summed E-state index contributed by atoms with van der Waals surface area (Å²) >= 11 is 12.0. The average molecular weight is 395 g/mol. The fourth-order valence-corrected chi connectivity index (χ4v) is 3.32. The van der Waals surface area contributed by atoms with Crippen LogP contribution in [-0.2, 0) is 11.3 Å². The Labute approximate surface area is 163 Å². The molecule has 0 atom stereocenters. The molecule has 1 fully saturated rings. The summed E-state index contributed by atoms with van der Waals surface area (Å²) in [5.74, 6) is 0.880. The number of carbonyl (C=O) groups excluding carboxylic acids is 1. The van der Waals surface area contributed by atoms with E-state index in [0.29, 0.717) is 23.1 Å². The molecule has 138 valence electrons. The van der Waals surface area contributed by atoms with E-state index >= 15 is 0 Å². The predicted octanol–water partition coefficient (Wildman–Crippen LogP) is 1.15. The lowest BCUT2D eigenvalue weighted by Gasteiger charge is -2.32. The predicted molar refractivity (Wildman–Crippen MR) is 103 cm³/mol. The highest BCUT2D eigenvalue weighted by Crippen LogP contribution is 2.23. The van der Waals surface area contributed by atoms with Crippen molar-refractivity contribution in [3.8, 4) is 0 Å². The number of anilines is 1. The van der Waals surface area contributed by atoms with Gasteiger partial charge in [-0.2, -0.15) is 0 Å². The third-order valence-electron chi connectivity index (χ3n) is 4.54. The lowest BCUT2D eigenvalue weighted by Crippen LogP contribution is -3.15. The first-order valence-electron chi connectivity index (χ1n) is 8.56. The van der Waals surface area contributed by atoms with Gasteiger partial charge in [0.25, 0.3) is 5.91 Å². The molecular weight excluding hydrogens is 373 g/mol. The van der Waals surface area contributed by atoms with Gasteiger partial charge in [-0.25, -0.2) is 9.97 Å². The number of carbonyl (C=O) groups is 1. The summed E-state index contributed by atoms with van der Waals surface area (Å²) in [5, 5.41) is 1.03. The summed E-state index contributed by atoms with van der Waals surface area (Å²) in [6.07, 6.45) is 3.51. The molecule has 0 aliphatic carbocycles. The summed E-state index contributed by atoms with van der Waals surface area (Å²) in [5.41, 5.74) is 0.969. The number of hydrogen-bond donors (Lipinski definition) is 1. The summed E-state index contributed by atoms with van der Waals surface area (Å²) in [6.45, 7) is 4.50. The second-order valence-corrected chi connectivity index (χ2v) is 7.28. The standard InChI is InChI=1S/C18H21Cl2N5O/c1-23(12-14-3-4-15(19)16(20)11-14)17(26)13-24-7-9-25(10-8-24)18-21-5-2-6-22-18/h2-6,11H,7-10,12-13H2,1H3/p+1. The van der Waals surface area contributed by atoms with E-state index in [1.165, 1.54) is 4.90 Å². The number of hydrogen-bond acceptors (Lipinski definition) is 4. The quantitative estimate of drug-likeness (QED) is 0.826. The van der Waals surface area contributed by atoms with Crippen molar-refractivity contribution in [3.05, 3.63) is 52.3 Å². The molecule has 0 bridgehead atoms.